The van der Waals surface area contributed by atoms with Gasteiger partial charge in [-0.3, -0.25) is 9.59 Å². The van der Waals surface area contributed by atoms with Crippen molar-refractivity contribution in [2.45, 2.75) is 26.2 Å². The average molecular weight is 384 g/mol. The van der Waals surface area contributed by atoms with Gasteiger partial charge in [-0.15, -0.1) is 0 Å². The maximum absolute atomic E-state index is 11.6. The van der Waals surface area contributed by atoms with Gasteiger partial charge in [0.05, 0.1) is 0 Å². The Morgan fingerprint density at radius 2 is 1.75 bits per heavy atom. The molecule has 2 aromatic carbocycles. The minimum absolute atomic E-state index is 0.181. The highest BCUT2D eigenvalue weighted by Gasteiger charge is 2.34. The summed E-state index contributed by atoms with van der Waals surface area (Å²) < 4.78 is 11.9. The Balaban J connectivity index is 1.90. The largest absolute Gasteiger partial charge is 0.504 e. The Morgan fingerprint density at radius 3 is 2.43 bits per heavy atom. The van der Waals surface area contributed by atoms with E-state index in [1.165, 1.54) is 32.2 Å². The molecule has 1 aliphatic rings. The number of hydrogen-bond donors (Lipinski definition) is 4. The molecule has 0 saturated carbocycles. The van der Waals surface area contributed by atoms with Crippen LogP contribution >= 0.6 is 0 Å². The molecule has 0 saturated heterocycles. The fourth-order valence-corrected chi connectivity index (χ4v) is 2.74. The number of benzene rings is 2. The standard InChI is InChI=1S/C20H20N2O6/c1-11(23)21-8-7-13-3-6-17-18(9-13)28-20(22-12(2)24)19(27-17)14-4-5-15(25)16(26)10-14/h3-10,19-20,25-26H,1-2H3,(H,21,23)(H,22,24). The number of phenolic OH excluding ortho intramolecular Hbond substituents is 2. The monoisotopic (exact) mass is 384 g/mol. The van der Waals surface area contributed by atoms with Crippen LogP contribution in [0.2, 0.25) is 0 Å². The predicted octanol–water partition coefficient (Wildman–Crippen LogP) is 2.18. The van der Waals surface area contributed by atoms with Crippen LogP contribution in [0.1, 0.15) is 31.1 Å². The summed E-state index contributed by atoms with van der Waals surface area (Å²) in [6.45, 7) is 2.77. The topological polar surface area (TPSA) is 117 Å². The number of phenols is 2. The van der Waals surface area contributed by atoms with Crippen LogP contribution < -0.4 is 20.1 Å². The molecule has 3 rings (SSSR count). The van der Waals surface area contributed by atoms with Crippen LogP contribution in [-0.4, -0.2) is 28.3 Å². The Labute approximate surface area is 161 Å². The summed E-state index contributed by atoms with van der Waals surface area (Å²) in [6, 6.07) is 9.48. The lowest BCUT2D eigenvalue weighted by Crippen LogP contribution is -2.46. The van der Waals surface area contributed by atoms with E-state index in [0.29, 0.717) is 17.1 Å². The lowest BCUT2D eigenvalue weighted by atomic mass is 10.1. The molecule has 0 fully saturated rings. The molecule has 0 aromatic heterocycles. The number of carbonyl (C=O) groups excluding carboxylic acids is 2. The van der Waals surface area contributed by atoms with E-state index in [2.05, 4.69) is 10.6 Å². The predicted molar refractivity (Wildman–Crippen MR) is 101 cm³/mol. The van der Waals surface area contributed by atoms with Gasteiger partial charge >= 0.3 is 0 Å². The number of rotatable bonds is 4. The lowest BCUT2D eigenvalue weighted by molar-refractivity contribution is -0.124. The summed E-state index contributed by atoms with van der Waals surface area (Å²) in [7, 11) is 0. The minimum atomic E-state index is -0.844. The molecule has 2 amide bonds. The van der Waals surface area contributed by atoms with Gasteiger partial charge < -0.3 is 30.3 Å². The van der Waals surface area contributed by atoms with Crippen LogP contribution in [0.15, 0.2) is 42.6 Å². The number of nitrogens with one attached hydrogen (secondary N) is 2. The second-order valence-corrected chi connectivity index (χ2v) is 6.27. The summed E-state index contributed by atoms with van der Waals surface area (Å²) in [6.07, 6.45) is 1.64. The second kappa shape index (κ2) is 7.91. The van der Waals surface area contributed by atoms with Crippen molar-refractivity contribution in [1.82, 2.24) is 10.6 Å². The van der Waals surface area contributed by atoms with Crippen molar-refractivity contribution in [2.75, 3.05) is 0 Å². The molecule has 1 heterocycles. The van der Waals surface area contributed by atoms with Crippen molar-refractivity contribution >= 4 is 17.9 Å². The summed E-state index contributed by atoms with van der Waals surface area (Å²) >= 11 is 0. The zero-order chi connectivity index (χ0) is 20.3. The molecule has 146 valence electrons. The minimum Gasteiger partial charge on any atom is -0.504 e. The van der Waals surface area contributed by atoms with Gasteiger partial charge in [-0.2, -0.15) is 0 Å². The maximum atomic E-state index is 11.6. The van der Waals surface area contributed by atoms with E-state index in [1.807, 2.05) is 0 Å². The SMILES string of the molecule is CC(=O)NC=Cc1ccc2c(c1)OC(NC(C)=O)C(c1ccc(O)c(O)c1)O2. The van der Waals surface area contributed by atoms with Crippen molar-refractivity contribution in [3.05, 3.63) is 53.7 Å². The van der Waals surface area contributed by atoms with Gasteiger partial charge in [0, 0.05) is 25.6 Å². The Bertz CT molecular complexity index is 940. The number of ether oxygens (including phenoxy) is 2. The Kier molecular flexibility index (Phi) is 5.39. The first-order valence-electron chi connectivity index (χ1n) is 8.53. The summed E-state index contributed by atoms with van der Waals surface area (Å²) in [5.41, 5.74) is 1.28. The fourth-order valence-electron chi connectivity index (χ4n) is 2.74. The van der Waals surface area contributed by atoms with Crippen LogP contribution in [0.5, 0.6) is 23.0 Å². The molecule has 2 aromatic rings. The van der Waals surface area contributed by atoms with E-state index in [0.717, 1.165) is 5.56 Å². The molecular formula is C20H20N2O6. The Hall–Kier alpha value is -3.68. The molecule has 8 nitrogen and oxygen atoms in total. The zero-order valence-electron chi connectivity index (χ0n) is 15.3. The first kappa shape index (κ1) is 19.1. The second-order valence-electron chi connectivity index (χ2n) is 6.27. The van der Waals surface area contributed by atoms with Crippen molar-refractivity contribution < 1.29 is 29.3 Å². The molecule has 8 heteroatoms. The van der Waals surface area contributed by atoms with Crippen LogP contribution in [0.25, 0.3) is 6.08 Å². The van der Waals surface area contributed by atoms with Gasteiger partial charge in [0.1, 0.15) is 0 Å². The van der Waals surface area contributed by atoms with E-state index in [9.17, 15) is 19.8 Å². The van der Waals surface area contributed by atoms with E-state index < -0.39 is 12.3 Å². The molecule has 2 atom stereocenters. The fraction of sp³-hybridized carbons (Fsp3) is 0.200. The molecule has 1 aliphatic heterocycles. The van der Waals surface area contributed by atoms with E-state index in [-0.39, 0.29) is 23.3 Å². The molecule has 0 aliphatic carbocycles. The van der Waals surface area contributed by atoms with Crippen molar-refractivity contribution in [3.8, 4) is 23.0 Å². The highest BCUT2D eigenvalue weighted by atomic mass is 16.6. The van der Waals surface area contributed by atoms with Crippen molar-refractivity contribution in [1.29, 1.82) is 0 Å². The van der Waals surface area contributed by atoms with Crippen LogP contribution in [-0.2, 0) is 9.59 Å². The van der Waals surface area contributed by atoms with Gasteiger partial charge in [0.15, 0.2) is 29.1 Å². The highest BCUT2D eigenvalue weighted by molar-refractivity contribution is 5.75. The summed E-state index contributed by atoms with van der Waals surface area (Å²) in [5, 5.41) is 24.5. The van der Waals surface area contributed by atoms with Gasteiger partial charge in [-0.25, -0.2) is 0 Å². The van der Waals surface area contributed by atoms with Gasteiger partial charge in [0.2, 0.25) is 18.0 Å². The van der Waals surface area contributed by atoms with E-state index in [4.69, 9.17) is 9.47 Å². The van der Waals surface area contributed by atoms with Gasteiger partial charge in [-0.05, 0) is 35.9 Å². The smallest absolute Gasteiger partial charge is 0.220 e. The van der Waals surface area contributed by atoms with Crippen LogP contribution in [0, 0.1) is 0 Å². The summed E-state index contributed by atoms with van der Waals surface area (Å²) in [4.78, 5) is 22.6. The number of hydrogen-bond acceptors (Lipinski definition) is 6. The number of amides is 2. The number of aromatic hydroxyl groups is 2. The number of fused-ring (bicyclic) bond motifs is 1. The van der Waals surface area contributed by atoms with Crippen molar-refractivity contribution in [3.63, 3.8) is 0 Å². The van der Waals surface area contributed by atoms with Crippen LogP contribution in [0.4, 0.5) is 0 Å². The third-order valence-electron chi connectivity index (χ3n) is 3.99. The normalized spacial score (nSPS) is 17.9. The summed E-state index contributed by atoms with van der Waals surface area (Å²) in [5.74, 6) is -0.176. The molecule has 2 unspecified atom stereocenters. The highest BCUT2D eigenvalue weighted by Crippen LogP contribution is 2.41. The van der Waals surface area contributed by atoms with Gasteiger partial charge in [-0.1, -0.05) is 12.1 Å². The quantitative estimate of drug-likeness (QED) is 0.601. The molecule has 0 bridgehead atoms. The first-order chi connectivity index (χ1) is 13.3. The third-order valence-corrected chi connectivity index (χ3v) is 3.99. The number of carbonyl (C=O) groups is 2. The zero-order valence-corrected chi connectivity index (χ0v) is 15.3. The third kappa shape index (κ3) is 4.35. The first-order valence-corrected chi connectivity index (χ1v) is 8.53. The van der Waals surface area contributed by atoms with E-state index in [1.54, 1.807) is 30.3 Å². The molecule has 0 radical (unpaired) electrons. The molecular weight excluding hydrogens is 364 g/mol. The molecule has 0 spiro atoms. The molecule has 4 N–H and O–H groups in total. The van der Waals surface area contributed by atoms with Crippen molar-refractivity contribution in [2.24, 2.45) is 0 Å². The Morgan fingerprint density at radius 1 is 0.964 bits per heavy atom. The maximum Gasteiger partial charge on any atom is 0.220 e. The average Bonchev–Trinajstić information content (AvgIpc) is 2.62. The van der Waals surface area contributed by atoms with Gasteiger partial charge in [0.25, 0.3) is 0 Å². The molecule has 28 heavy (non-hydrogen) atoms. The van der Waals surface area contributed by atoms with E-state index >= 15 is 0 Å². The lowest BCUT2D eigenvalue weighted by Gasteiger charge is -2.34. The van der Waals surface area contributed by atoms with Crippen LogP contribution in [0.3, 0.4) is 0 Å².